The number of ketones is 1. The van der Waals surface area contributed by atoms with E-state index in [0.717, 1.165) is 33.0 Å². The minimum absolute atomic E-state index is 0.0374. The van der Waals surface area contributed by atoms with Crippen molar-refractivity contribution in [3.63, 3.8) is 0 Å². The number of carboxylic acids is 2. The molecule has 0 aliphatic heterocycles. The average Bonchev–Trinajstić information content (AvgIpc) is 0.760. The number of hydrogen-bond acceptors (Lipinski definition) is 23. The number of hydrogen-bond donors (Lipinski definition) is 19. The second-order valence-electron chi connectivity index (χ2n) is 25.1. The predicted molar refractivity (Wildman–Crippen MR) is 372 cm³/mol. The van der Waals surface area contributed by atoms with E-state index < -0.39 is 227 Å². The van der Waals surface area contributed by atoms with Gasteiger partial charge in [0.2, 0.25) is 35.4 Å². The van der Waals surface area contributed by atoms with Gasteiger partial charge in [0.1, 0.15) is 60.3 Å². The van der Waals surface area contributed by atoms with Gasteiger partial charge in [0.05, 0.1) is 50.1 Å². The molecule has 35 heteroatoms. The number of carboxylic acid groups (broad SMARTS) is 2. The Labute approximate surface area is 601 Å². The fourth-order valence-electron chi connectivity index (χ4n) is 11.0. The number of unbranched alkanes of at least 4 members (excludes halogenated alkanes) is 4. The fourth-order valence-corrected chi connectivity index (χ4v) is 11.6. The van der Waals surface area contributed by atoms with E-state index in [-0.39, 0.29) is 67.3 Å². The number of aliphatic hydroxyl groups excluding tert-OH is 10. The topological polar surface area (TPSA) is 539 Å². The number of rotatable bonds is 49. The molecule has 3 aromatic carbocycles. The zero-order valence-corrected chi connectivity index (χ0v) is 58.5. The van der Waals surface area contributed by atoms with E-state index in [9.17, 15) is 104 Å². The van der Waals surface area contributed by atoms with Crippen LogP contribution in [0.15, 0.2) is 82.4 Å². The molecule has 6 amide bonds. The van der Waals surface area contributed by atoms with Crippen molar-refractivity contribution in [3.8, 4) is 11.1 Å². The van der Waals surface area contributed by atoms with Crippen LogP contribution in [0.5, 0.6) is 0 Å². The molecule has 0 fully saturated rings. The second kappa shape index (κ2) is 45.0. The molecular formula is C69H97F2N9O23S. The summed E-state index contributed by atoms with van der Waals surface area (Å²) in [7, 11) is 0. The maximum atomic E-state index is 15.0. The molecule has 0 aliphatic rings. The monoisotopic (exact) mass is 1490 g/mol. The van der Waals surface area contributed by atoms with E-state index in [4.69, 9.17) is 15.9 Å². The summed E-state index contributed by atoms with van der Waals surface area (Å²) in [4.78, 5) is 147. The zero-order chi connectivity index (χ0) is 77.3. The normalized spacial score (nSPS) is 15.2. The van der Waals surface area contributed by atoms with Crippen LogP contribution in [0.4, 0.5) is 8.78 Å². The van der Waals surface area contributed by atoms with Crippen LogP contribution in [0.25, 0.3) is 11.1 Å². The molecule has 576 valence electrons. The van der Waals surface area contributed by atoms with Gasteiger partial charge >= 0.3 is 17.6 Å². The maximum Gasteiger partial charge on any atom is 0.331 e. The van der Waals surface area contributed by atoms with Crippen molar-refractivity contribution in [2.24, 2.45) is 11.7 Å². The highest BCUT2D eigenvalue weighted by Gasteiger charge is 2.35. The van der Waals surface area contributed by atoms with Gasteiger partial charge < -0.3 is 98.9 Å². The molecule has 4 aromatic rings. The van der Waals surface area contributed by atoms with Gasteiger partial charge in [-0.05, 0) is 80.5 Å². The number of aromatic nitrogens is 2. The summed E-state index contributed by atoms with van der Waals surface area (Å²) in [6.07, 6.45) is -16.1. The van der Waals surface area contributed by atoms with E-state index in [1.54, 1.807) is 54.6 Å². The molecule has 32 nitrogen and oxygen atoms in total. The standard InChI is InChI=1S/C69H97F2N9O23S/c1-38-60(67(100)80(34-46(72)40-14-7-6-8-15-40)69(103)79(38)33-43-44(70)17-12-18-45(43)71)41-16-11-13-39(29-41)20-24-55(88)73-28-10-5-3-4-9-19-58(91)76-47(22-25-56(89)74-31-51(84)61(94)63(96)53(86)35-81)50(83)30-42(21-27-59(92)93)65(98)77-48(66(99)78-49(37-104-2)68(101)102)23-26-57(90)75-32-52(85)62(95)64(97)54(87)36-82/h6-8,11-18,29,42,46-49,51-54,61-64,81-82,84-87,94-97H,3-5,9-10,19-28,30-37,72H2,1-2H3,(H,73,88)(H,74,89)(H,75,90)(H,76,91)(H,77,98)(H,78,99)(H,92,93)(H,101,102)/t42-,46+,47+,48+,49+,51-,52-,53+,54+,61+,62+,63+,64+/m0/s1. The van der Waals surface area contributed by atoms with E-state index in [1.165, 1.54) is 19.2 Å². The number of aliphatic hydroxyl groups is 10. The molecule has 0 aliphatic carbocycles. The molecule has 20 N–H and O–H groups in total. The fraction of sp³-hybridized carbons (Fsp3) is 0.551. The zero-order valence-electron chi connectivity index (χ0n) is 57.7. The van der Waals surface area contributed by atoms with E-state index in [2.05, 4.69) is 31.9 Å². The van der Waals surface area contributed by atoms with Crippen molar-refractivity contribution in [3.05, 3.63) is 128 Å². The third-order valence-electron chi connectivity index (χ3n) is 17.2. The smallest absolute Gasteiger partial charge is 0.331 e. The number of nitrogens with zero attached hydrogens (tertiary/aromatic N) is 2. The molecule has 0 spiro atoms. The summed E-state index contributed by atoms with van der Waals surface area (Å²) in [5, 5.41) is 132. The molecule has 1 aromatic heterocycles. The van der Waals surface area contributed by atoms with Crippen molar-refractivity contribution in [1.29, 1.82) is 0 Å². The lowest BCUT2D eigenvalue weighted by Crippen LogP contribution is -2.54. The van der Waals surface area contributed by atoms with Crippen LogP contribution in [0.3, 0.4) is 0 Å². The minimum Gasteiger partial charge on any atom is -0.481 e. The number of thioether (sulfide) groups is 1. The summed E-state index contributed by atoms with van der Waals surface area (Å²) >= 11 is 1.03. The lowest BCUT2D eigenvalue weighted by Gasteiger charge is -2.26. The first-order valence-electron chi connectivity index (χ1n) is 33.8. The predicted octanol–water partition coefficient (Wildman–Crippen LogP) is -2.59. The summed E-state index contributed by atoms with van der Waals surface area (Å²) in [5.41, 5.74) is 6.51. The van der Waals surface area contributed by atoms with Crippen LogP contribution in [0, 0.1) is 24.5 Å². The molecule has 0 radical (unpaired) electrons. The van der Waals surface area contributed by atoms with Gasteiger partial charge in [-0.2, -0.15) is 11.8 Å². The van der Waals surface area contributed by atoms with Crippen molar-refractivity contribution in [2.45, 2.75) is 189 Å². The quantitative estimate of drug-likeness (QED) is 0.0202. The van der Waals surface area contributed by atoms with Gasteiger partial charge in [0.15, 0.2) is 5.78 Å². The Morgan fingerprint density at radius 2 is 1.11 bits per heavy atom. The number of Topliss-reactive ketones (excluding diaryl/α,β-unsaturated/α-hetero) is 1. The van der Waals surface area contributed by atoms with Gasteiger partial charge in [-0.1, -0.05) is 79.9 Å². The number of amides is 6. The number of aryl methyl sites for hydroxylation is 1. The number of aliphatic carboxylic acids is 2. The highest BCUT2D eigenvalue weighted by atomic mass is 32.2. The number of nitrogens with one attached hydrogen (secondary N) is 6. The molecule has 0 saturated carbocycles. The second-order valence-corrected chi connectivity index (χ2v) is 26.1. The Balaban J connectivity index is 1.42. The van der Waals surface area contributed by atoms with Crippen LogP contribution in [0.2, 0.25) is 0 Å². The first kappa shape index (κ1) is 87.9. The molecule has 1 heterocycles. The molecule has 0 saturated heterocycles. The van der Waals surface area contributed by atoms with Crippen LogP contribution in [0.1, 0.15) is 118 Å². The third-order valence-corrected chi connectivity index (χ3v) is 17.9. The average molecular weight is 1490 g/mol. The first-order valence-corrected chi connectivity index (χ1v) is 35.2. The first-order chi connectivity index (χ1) is 49.3. The van der Waals surface area contributed by atoms with Crippen molar-refractivity contribution in [1.82, 2.24) is 41.0 Å². The van der Waals surface area contributed by atoms with Crippen LogP contribution in [-0.4, -0.2) is 235 Å². The van der Waals surface area contributed by atoms with E-state index in [1.807, 2.05) is 0 Å². The number of benzene rings is 3. The molecule has 0 bridgehead atoms. The van der Waals surface area contributed by atoms with E-state index >= 15 is 8.78 Å². The Bertz CT molecular complexity index is 3590. The van der Waals surface area contributed by atoms with Gasteiger partial charge in [-0.3, -0.25) is 52.3 Å². The highest BCUT2D eigenvalue weighted by molar-refractivity contribution is 7.98. The lowest BCUT2D eigenvalue weighted by molar-refractivity contribution is -0.142. The molecule has 104 heavy (non-hydrogen) atoms. The van der Waals surface area contributed by atoms with Crippen molar-refractivity contribution < 1.29 is 113 Å². The Hall–Kier alpha value is -8.46. The van der Waals surface area contributed by atoms with Crippen LogP contribution < -0.4 is 48.9 Å². The molecule has 4 rings (SSSR count). The van der Waals surface area contributed by atoms with Gasteiger partial charge in [0.25, 0.3) is 5.56 Å². The highest BCUT2D eigenvalue weighted by Crippen LogP contribution is 2.25. The van der Waals surface area contributed by atoms with Crippen LogP contribution in [-0.2, 0) is 62.7 Å². The summed E-state index contributed by atoms with van der Waals surface area (Å²) < 4.78 is 32.1. The van der Waals surface area contributed by atoms with Crippen molar-refractivity contribution in [2.75, 3.05) is 44.9 Å². The van der Waals surface area contributed by atoms with Gasteiger partial charge in [-0.15, -0.1) is 0 Å². The Morgan fingerprint density at radius 1 is 0.567 bits per heavy atom. The molecule has 0 unspecified atom stereocenters. The summed E-state index contributed by atoms with van der Waals surface area (Å²) in [5.74, 6) is -12.5. The third kappa shape index (κ3) is 28.5. The Morgan fingerprint density at radius 3 is 1.67 bits per heavy atom. The van der Waals surface area contributed by atoms with Crippen LogP contribution >= 0.6 is 11.8 Å². The summed E-state index contributed by atoms with van der Waals surface area (Å²) in [6, 6.07) is 13.2. The van der Waals surface area contributed by atoms with Crippen molar-refractivity contribution >= 4 is 64.9 Å². The number of carbonyl (C=O) groups is 9. The Kier molecular flexibility index (Phi) is 38.1. The molecular weight excluding hydrogens is 1390 g/mol. The van der Waals surface area contributed by atoms with Gasteiger partial charge in [-0.25, -0.2) is 18.4 Å². The molecule has 13 atom stereocenters. The minimum atomic E-state index is -2.06. The largest absolute Gasteiger partial charge is 0.481 e. The van der Waals surface area contributed by atoms with E-state index in [0.29, 0.717) is 42.4 Å². The number of carbonyl (C=O) groups excluding carboxylic acids is 7. The number of nitrogens with two attached hydrogens (primary N) is 1. The maximum absolute atomic E-state index is 15.0. The summed E-state index contributed by atoms with van der Waals surface area (Å²) in [6.45, 7) is -2.44. The van der Waals surface area contributed by atoms with Gasteiger partial charge in [0, 0.05) is 87.1 Å². The number of halogens is 2. The lowest BCUT2D eigenvalue weighted by atomic mass is 9.91. The SMILES string of the molecule is CSC[C@@H](NC(=O)[C@@H](CCC(=O)NC[C@H](O)[C@@H](O)[C@H](O)[C@H](O)CO)NC(=O)[C@@H](CCC(=O)O)CC(=O)[C@@H](CCC(=O)NC[C@H](O)[C@@H](O)[C@H](O)[C@H](O)CO)NC(=O)CCCCCCCNC(=O)CCc1cccc(-c2c(C)n(Cc3c(F)cccc3F)c(=O)n(C[C@@H](N)c3ccccc3)c2=O)c1)C(=O)O.